The Labute approximate surface area is 131 Å². The number of benzene rings is 1. The standard InChI is InChI=1S/C15H17BrN2O3/c16-14-11(6-2-8-13(14)18(20)21)15(19)17-9-3-5-10-4-1-7-12(10)17/h2,6,8,10,12H,1,3-5,7,9H2. The molecular weight excluding hydrogens is 336 g/mol. The summed E-state index contributed by atoms with van der Waals surface area (Å²) in [6, 6.07) is 4.97. The zero-order chi connectivity index (χ0) is 15.0. The highest BCUT2D eigenvalue weighted by Crippen LogP contribution is 2.38. The van der Waals surface area contributed by atoms with Crippen LogP contribution in [0.1, 0.15) is 42.5 Å². The molecule has 1 aromatic carbocycles. The molecule has 1 heterocycles. The number of amides is 1. The van der Waals surface area contributed by atoms with Crippen LogP contribution in [0.2, 0.25) is 0 Å². The lowest BCUT2D eigenvalue weighted by Gasteiger charge is -2.38. The number of rotatable bonds is 2. The highest BCUT2D eigenvalue weighted by molar-refractivity contribution is 9.10. The van der Waals surface area contributed by atoms with Crippen LogP contribution >= 0.6 is 15.9 Å². The fraction of sp³-hybridized carbons (Fsp3) is 0.533. The summed E-state index contributed by atoms with van der Waals surface area (Å²) >= 11 is 3.23. The van der Waals surface area contributed by atoms with Gasteiger partial charge in [0, 0.05) is 18.7 Å². The molecule has 1 aromatic rings. The van der Waals surface area contributed by atoms with E-state index in [1.165, 1.54) is 25.3 Å². The van der Waals surface area contributed by atoms with Gasteiger partial charge in [-0.05, 0) is 53.6 Å². The summed E-state index contributed by atoms with van der Waals surface area (Å²) in [5, 5.41) is 11.0. The van der Waals surface area contributed by atoms with Gasteiger partial charge in [-0.1, -0.05) is 12.5 Å². The van der Waals surface area contributed by atoms with Crippen molar-refractivity contribution in [2.75, 3.05) is 6.54 Å². The van der Waals surface area contributed by atoms with E-state index in [1.54, 1.807) is 12.1 Å². The van der Waals surface area contributed by atoms with Crippen molar-refractivity contribution in [3.63, 3.8) is 0 Å². The first-order chi connectivity index (χ1) is 10.1. The highest BCUT2D eigenvalue weighted by atomic mass is 79.9. The largest absolute Gasteiger partial charge is 0.335 e. The van der Waals surface area contributed by atoms with Crippen LogP contribution in [0.25, 0.3) is 0 Å². The van der Waals surface area contributed by atoms with Gasteiger partial charge in [0.2, 0.25) is 0 Å². The van der Waals surface area contributed by atoms with E-state index in [9.17, 15) is 14.9 Å². The van der Waals surface area contributed by atoms with Crippen molar-refractivity contribution in [2.45, 2.75) is 38.1 Å². The molecule has 1 aliphatic heterocycles. The van der Waals surface area contributed by atoms with Crippen LogP contribution in [0.5, 0.6) is 0 Å². The molecule has 0 radical (unpaired) electrons. The number of carbonyl (C=O) groups excluding carboxylic acids is 1. The van der Waals surface area contributed by atoms with Crippen LogP contribution < -0.4 is 0 Å². The molecule has 2 atom stereocenters. The molecule has 21 heavy (non-hydrogen) atoms. The van der Waals surface area contributed by atoms with Gasteiger partial charge in [0.1, 0.15) is 4.47 Å². The molecule has 2 aliphatic rings. The van der Waals surface area contributed by atoms with Crippen LogP contribution in [-0.4, -0.2) is 28.3 Å². The average molecular weight is 353 g/mol. The van der Waals surface area contributed by atoms with E-state index < -0.39 is 4.92 Å². The minimum atomic E-state index is -0.463. The lowest BCUT2D eigenvalue weighted by atomic mass is 9.91. The van der Waals surface area contributed by atoms with Crippen molar-refractivity contribution in [2.24, 2.45) is 5.92 Å². The molecule has 2 unspecified atom stereocenters. The fourth-order valence-electron chi connectivity index (χ4n) is 3.69. The summed E-state index contributed by atoms with van der Waals surface area (Å²) in [6.07, 6.45) is 5.66. The quantitative estimate of drug-likeness (QED) is 0.601. The number of nitro benzene ring substituents is 1. The number of piperidine rings is 1. The van der Waals surface area contributed by atoms with Gasteiger partial charge in [-0.25, -0.2) is 0 Å². The fourth-order valence-corrected chi connectivity index (χ4v) is 4.27. The molecule has 1 aliphatic carbocycles. The average Bonchev–Trinajstić information content (AvgIpc) is 2.94. The number of nitrogens with zero attached hydrogens (tertiary/aromatic N) is 2. The van der Waals surface area contributed by atoms with Crippen LogP contribution in [0.4, 0.5) is 5.69 Å². The van der Waals surface area contributed by atoms with E-state index in [2.05, 4.69) is 15.9 Å². The topological polar surface area (TPSA) is 63.4 Å². The van der Waals surface area contributed by atoms with Gasteiger partial charge in [-0.15, -0.1) is 0 Å². The van der Waals surface area contributed by atoms with E-state index in [0.29, 0.717) is 22.0 Å². The van der Waals surface area contributed by atoms with Crippen LogP contribution in [0.3, 0.4) is 0 Å². The van der Waals surface area contributed by atoms with Gasteiger partial charge in [0.15, 0.2) is 0 Å². The van der Waals surface area contributed by atoms with Gasteiger partial charge in [-0.2, -0.15) is 0 Å². The maximum absolute atomic E-state index is 12.8. The second-order valence-corrected chi connectivity index (χ2v) is 6.59. The highest BCUT2D eigenvalue weighted by Gasteiger charge is 2.38. The Bertz CT molecular complexity index is 590. The summed E-state index contributed by atoms with van der Waals surface area (Å²) in [7, 11) is 0. The predicted molar refractivity (Wildman–Crippen MR) is 82.2 cm³/mol. The van der Waals surface area contributed by atoms with E-state index in [4.69, 9.17) is 0 Å². The van der Waals surface area contributed by atoms with Crippen molar-refractivity contribution >= 4 is 27.5 Å². The van der Waals surface area contributed by atoms with Crippen molar-refractivity contribution in [3.05, 3.63) is 38.3 Å². The zero-order valence-electron chi connectivity index (χ0n) is 11.6. The third-order valence-electron chi connectivity index (χ3n) is 4.66. The Balaban J connectivity index is 1.91. The normalized spacial score (nSPS) is 24.7. The molecule has 0 bridgehead atoms. The molecule has 112 valence electrons. The lowest BCUT2D eigenvalue weighted by molar-refractivity contribution is -0.385. The first-order valence-corrected chi connectivity index (χ1v) is 8.12. The lowest BCUT2D eigenvalue weighted by Crippen LogP contribution is -2.46. The predicted octanol–water partition coefficient (Wildman–Crippen LogP) is 3.76. The molecular formula is C15H17BrN2O3. The second kappa shape index (κ2) is 5.75. The Morgan fingerprint density at radius 2 is 2.05 bits per heavy atom. The SMILES string of the molecule is O=C(c1cccc([N+](=O)[O-])c1Br)N1CCCC2CCCC21. The van der Waals surface area contributed by atoms with Crippen LogP contribution in [-0.2, 0) is 0 Å². The number of hydrogen-bond acceptors (Lipinski definition) is 3. The van der Waals surface area contributed by atoms with Crippen LogP contribution in [0, 0.1) is 16.0 Å². The first kappa shape index (κ1) is 14.5. The molecule has 0 N–H and O–H groups in total. The van der Waals surface area contributed by atoms with E-state index in [0.717, 1.165) is 19.4 Å². The Hall–Kier alpha value is -1.43. The summed E-state index contributed by atoms with van der Waals surface area (Å²) in [4.78, 5) is 25.3. The van der Waals surface area contributed by atoms with E-state index in [1.807, 2.05) is 4.90 Å². The maximum Gasteiger partial charge on any atom is 0.284 e. The monoisotopic (exact) mass is 352 g/mol. The number of nitro groups is 1. The van der Waals surface area contributed by atoms with Gasteiger partial charge in [-0.3, -0.25) is 14.9 Å². The maximum atomic E-state index is 12.8. The number of hydrogen-bond donors (Lipinski definition) is 0. The Kier molecular flexibility index (Phi) is 3.97. The molecule has 0 aromatic heterocycles. The van der Waals surface area contributed by atoms with Crippen LogP contribution in [0.15, 0.2) is 22.7 Å². The van der Waals surface area contributed by atoms with Gasteiger partial charge in [0.05, 0.1) is 10.5 Å². The molecule has 5 nitrogen and oxygen atoms in total. The second-order valence-electron chi connectivity index (χ2n) is 5.79. The summed E-state index contributed by atoms with van der Waals surface area (Å²) in [5.74, 6) is 0.530. The van der Waals surface area contributed by atoms with Gasteiger partial charge in [0.25, 0.3) is 11.6 Å². The zero-order valence-corrected chi connectivity index (χ0v) is 13.2. The van der Waals surface area contributed by atoms with Crippen molar-refractivity contribution < 1.29 is 9.72 Å². The van der Waals surface area contributed by atoms with Crippen molar-refractivity contribution in [3.8, 4) is 0 Å². The third-order valence-corrected chi connectivity index (χ3v) is 5.49. The minimum Gasteiger partial charge on any atom is -0.335 e. The molecule has 1 saturated carbocycles. The number of carbonyl (C=O) groups is 1. The van der Waals surface area contributed by atoms with Crippen molar-refractivity contribution in [1.29, 1.82) is 0 Å². The molecule has 0 spiro atoms. The molecule has 1 amide bonds. The number of halogens is 1. The van der Waals surface area contributed by atoms with E-state index >= 15 is 0 Å². The molecule has 1 saturated heterocycles. The molecule has 3 rings (SSSR count). The first-order valence-electron chi connectivity index (χ1n) is 7.33. The summed E-state index contributed by atoms with van der Waals surface area (Å²) in [6.45, 7) is 0.759. The number of likely N-dealkylation sites (tertiary alicyclic amines) is 1. The minimum absolute atomic E-state index is 0.0548. The molecule has 6 heteroatoms. The van der Waals surface area contributed by atoms with Gasteiger partial charge < -0.3 is 4.90 Å². The smallest absolute Gasteiger partial charge is 0.284 e. The Morgan fingerprint density at radius 1 is 1.29 bits per heavy atom. The summed E-state index contributed by atoms with van der Waals surface area (Å²) in [5.41, 5.74) is 0.345. The van der Waals surface area contributed by atoms with Gasteiger partial charge >= 0.3 is 0 Å². The van der Waals surface area contributed by atoms with Crippen molar-refractivity contribution in [1.82, 2.24) is 4.90 Å². The third kappa shape index (κ3) is 2.57. The summed E-state index contributed by atoms with van der Waals surface area (Å²) < 4.78 is 0.292. The molecule has 2 fully saturated rings. The van der Waals surface area contributed by atoms with E-state index in [-0.39, 0.29) is 11.6 Å². The number of fused-ring (bicyclic) bond motifs is 1. The Morgan fingerprint density at radius 3 is 2.81 bits per heavy atom.